The van der Waals surface area contributed by atoms with Gasteiger partial charge in [0.25, 0.3) is 11.6 Å². The Kier molecular flexibility index (Phi) is 6.16. The number of ether oxygens (including phenoxy) is 1. The first kappa shape index (κ1) is 20.1. The van der Waals surface area contributed by atoms with Gasteiger partial charge in [0, 0.05) is 30.3 Å². The Labute approximate surface area is 168 Å². The first-order chi connectivity index (χ1) is 13.4. The van der Waals surface area contributed by atoms with Crippen LogP contribution in [0.2, 0.25) is 5.02 Å². The van der Waals surface area contributed by atoms with Gasteiger partial charge < -0.3 is 15.4 Å². The van der Waals surface area contributed by atoms with Gasteiger partial charge in [0.2, 0.25) is 0 Å². The number of amides is 1. The minimum Gasteiger partial charge on any atom is -0.383 e. The maximum Gasteiger partial charge on any atom is 0.293 e. The van der Waals surface area contributed by atoms with E-state index in [0.29, 0.717) is 23.9 Å². The summed E-state index contributed by atoms with van der Waals surface area (Å²) in [5.41, 5.74) is 1.01. The van der Waals surface area contributed by atoms with Crippen LogP contribution in [-0.2, 0) is 10.3 Å². The van der Waals surface area contributed by atoms with Crippen molar-refractivity contribution in [3.63, 3.8) is 0 Å². The molecule has 0 aromatic heterocycles. The summed E-state index contributed by atoms with van der Waals surface area (Å²) in [5, 5.41) is 18.1. The van der Waals surface area contributed by atoms with Crippen LogP contribution < -0.4 is 10.6 Å². The number of methoxy groups -OCH3 is 1. The smallest absolute Gasteiger partial charge is 0.293 e. The van der Waals surface area contributed by atoms with Crippen LogP contribution in [0.3, 0.4) is 0 Å². The molecule has 0 bridgehead atoms. The Hall–Kier alpha value is -2.64. The van der Waals surface area contributed by atoms with Gasteiger partial charge in [-0.2, -0.15) is 0 Å². The van der Waals surface area contributed by atoms with Gasteiger partial charge in [-0.3, -0.25) is 14.9 Å². The van der Waals surface area contributed by atoms with Crippen LogP contribution in [0.4, 0.5) is 11.4 Å². The van der Waals surface area contributed by atoms with Gasteiger partial charge in [-0.25, -0.2) is 0 Å². The van der Waals surface area contributed by atoms with Crippen LogP contribution in [-0.4, -0.2) is 31.1 Å². The quantitative estimate of drug-likeness (QED) is 0.393. The summed E-state index contributed by atoms with van der Waals surface area (Å²) >= 11 is 5.97. The largest absolute Gasteiger partial charge is 0.383 e. The van der Waals surface area contributed by atoms with Crippen molar-refractivity contribution in [2.45, 2.75) is 24.8 Å². The molecule has 7 nitrogen and oxygen atoms in total. The molecule has 0 spiro atoms. The van der Waals surface area contributed by atoms with E-state index in [1.165, 1.54) is 6.07 Å². The second-order valence-electron chi connectivity index (χ2n) is 6.81. The molecule has 0 saturated heterocycles. The fourth-order valence-corrected chi connectivity index (χ4v) is 3.46. The molecule has 3 rings (SSSR count). The fourth-order valence-electron chi connectivity index (χ4n) is 3.34. The number of carbonyl (C=O) groups is 1. The van der Waals surface area contributed by atoms with Gasteiger partial charge in [0.05, 0.1) is 17.1 Å². The lowest BCUT2D eigenvalue weighted by atomic mass is 9.71. The van der Waals surface area contributed by atoms with Gasteiger partial charge in [-0.05, 0) is 49.1 Å². The molecule has 2 N–H and O–H groups in total. The lowest BCUT2D eigenvalue weighted by molar-refractivity contribution is -0.384. The number of hydrogen-bond donors (Lipinski definition) is 2. The fraction of sp³-hybridized carbons (Fsp3) is 0.350. The van der Waals surface area contributed by atoms with Crippen molar-refractivity contribution >= 4 is 28.9 Å². The molecule has 0 atom stereocenters. The van der Waals surface area contributed by atoms with Gasteiger partial charge >= 0.3 is 0 Å². The lowest BCUT2D eigenvalue weighted by Gasteiger charge is -2.43. The molecule has 8 heteroatoms. The molecule has 148 valence electrons. The van der Waals surface area contributed by atoms with Gasteiger partial charge in [0.1, 0.15) is 5.69 Å². The van der Waals surface area contributed by atoms with Gasteiger partial charge in [0.15, 0.2) is 0 Å². The number of nitro benzene ring substituents is 1. The molecule has 1 fully saturated rings. The third-order valence-corrected chi connectivity index (χ3v) is 5.29. The number of nitrogens with zero attached hydrogens (tertiary/aromatic N) is 1. The van der Waals surface area contributed by atoms with Crippen LogP contribution in [0.25, 0.3) is 0 Å². The highest BCUT2D eigenvalue weighted by molar-refractivity contribution is 6.30. The number of hydrogen-bond acceptors (Lipinski definition) is 5. The maximum atomic E-state index is 12.8. The molecule has 28 heavy (non-hydrogen) atoms. The second kappa shape index (κ2) is 8.58. The first-order valence-corrected chi connectivity index (χ1v) is 9.43. The number of benzene rings is 2. The molecule has 0 radical (unpaired) electrons. The summed E-state index contributed by atoms with van der Waals surface area (Å²) in [5.74, 6) is -0.332. The summed E-state index contributed by atoms with van der Waals surface area (Å²) < 4.78 is 4.94. The van der Waals surface area contributed by atoms with Crippen molar-refractivity contribution in [2.75, 3.05) is 25.6 Å². The summed E-state index contributed by atoms with van der Waals surface area (Å²) in [6, 6.07) is 11.9. The number of nitro groups is 1. The minimum atomic E-state index is -0.496. The molecule has 2 aromatic carbocycles. The number of anilines is 1. The highest BCUT2D eigenvalue weighted by atomic mass is 35.5. The van der Waals surface area contributed by atoms with E-state index >= 15 is 0 Å². The SMILES string of the molecule is COCCNc1ccc(C(=O)NC2(c3ccc(Cl)cc3)CCC2)cc1[N+](=O)[O-]. The second-order valence-corrected chi connectivity index (χ2v) is 7.24. The summed E-state index contributed by atoms with van der Waals surface area (Å²) in [7, 11) is 1.56. The van der Waals surface area contributed by atoms with Crippen LogP contribution in [0.1, 0.15) is 35.2 Å². The highest BCUT2D eigenvalue weighted by Gasteiger charge is 2.40. The standard InChI is InChI=1S/C20H22ClN3O4/c1-28-12-11-22-17-8-3-14(13-18(17)24(26)27)19(25)23-20(9-2-10-20)15-4-6-16(21)7-5-15/h3-8,13,22H,2,9-12H2,1H3,(H,23,25). The molecular formula is C20H22ClN3O4. The molecule has 1 amide bonds. The lowest BCUT2D eigenvalue weighted by Crippen LogP contribution is -2.50. The average Bonchev–Trinajstić information content (AvgIpc) is 2.65. The third-order valence-electron chi connectivity index (χ3n) is 5.03. The summed E-state index contributed by atoms with van der Waals surface area (Å²) in [6.45, 7) is 0.853. The van der Waals surface area contributed by atoms with Crippen molar-refractivity contribution in [3.05, 3.63) is 68.7 Å². The van der Waals surface area contributed by atoms with Gasteiger partial charge in [-0.15, -0.1) is 0 Å². The zero-order chi connectivity index (χ0) is 20.1. The van der Waals surface area contributed by atoms with E-state index in [-0.39, 0.29) is 17.2 Å². The van der Waals surface area contributed by atoms with E-state index in [4.69, 9.17) is 16.3 Å². The molecule has 0 aliphatic heterocycles. The molecule has 0 heterocycles. The van der Waals surface area contributed by atoms with E-state index in [0.717, 1.165) is 24.8 Å². The first-order valence-electron chi connectivity index (χ1n) is 9.05. The van der Waals surface area contributed by atoms with Crippen LogP contribution in [0, 0.1) is 10.1 Å². The number of rotatable bonds is 8. The monoisotopic (exact) mass is 403 g/mol. The number of carbonyl (C=O) groups excluding carboxylic acids is 1. The van der Waals surface area contributed by atoms with Crippen molar-refractivity contribution in [1.29, 1.82) is 0 Å². The van der Waals surface area contributed by atoms with Crippen LogP contribution >= 0.6 is 11.6 Å². The van der Waals surface area contributed by atoms with Crippen molar-refractivity contribution in [1.82, 2.24) is 5.32 Å². The normalized spacial score (nSPS) is 14.8. The number of halogens is 1. The average molecular weight is 404 g/mol. The third kappa shape index (κ3) is 4.26. The summed E-state index contributed by atoms with van der Waals surface area (Å²) in [6.07, 6.45) is 2.64. The maximum absolute atomic E-state index is 12.8. The Morgan fingerprint density at radius 1 is 1.25 bits per heavy atom. The van der Waals surface area contributed by atoms with Crippen LogP contribution in [0.5, 0.6) is 0 Å². The predicted molar refractivity (Wildman–Crippen MR) is 108 cm³/mol. The molecule has 1 saturated carbocycles. The zero-order valence-electron chi connectivity index (χ0n) is 15.5. The molecular weight excluding hydrogens is 382 g/mol. The molecule has 1 aliphatic rings. The van der Waals surface area contributed by atoms with E-state index < -0.39 is 10.5 Å². The zero-order valence-corrected chi connectivity index (χ0v) is 16.3. The highest BCUT2D eigenvalue weighted by Crippen LogP contribution is 2.42. The van der Waals surface area contributed by atoms with Crippen molar-refractivity contribution in [2.24, 2.45) is 0 Å². The Balaban J connectivity index is 1.80. The van der Waals surface area contributed by atoms with E-state index in [2.05, 4.69) is 10.6 Å². The van der Waals surface area contributed by atoms with E-state index in [1.54, 1.807) is 31.4 Å². The Morgan fingerprint density at radius 2 is 1.96 bits per heavy atom. The Morgan fingerprint density at radius 3 is 2.54 bits per heavy atom. The summed E-state index contributed by atoms with van der Waals surface area (Å²) in [4.78, 5) is 23.8. The molecule has 0 unspecified atom stereocenters. The van der Waals surface area contributed by atoms with E-state index in [9.17, 15) is 14.9 Å². The van der Waals surface area contributed by atoms with Gasteiger partial charge in [-0.1, -0.05) is 23.7 Å². The Bertz CT molecular complexity index is 866. The van der Waals surface area contributed by atoms with Crippen LogP contribution in [0.15, 0.2) is 42.5 Å². The number of nitrogens with one attached hydrogen (secondary N) is 2. The minimum absolute atomic E-state index is 0.141. The van der Waals surface area contributed by atoms with E-state index in [1.807, 2.05) is 12.1 Å². The predicted octanol–water partition coefficient (Wildman–Crippen LogP) is 4.12. The molecule has 2 aromatic rings. The topological polar surface area (TPSA) is 93.5 Å². The van der Waals surface area contributed by atoms with Crippen molar-refractivity contribution in [3.8, 4) is 0 Å². The van der Waals surface area contributed by atoms with Crippen molar-refractivity contribution < 1.29 is 14.5 Å². The molecule has 1 aliphatic carbocycles.